The van der Waals surface area contributed by atoms with Crippen molar-refractivity contribution >= 4 is 19.4 Å². The van der Waals surface area contributed by atoms with Crippen molar-refractivity contribution in [3.63, 3.8) is 0 Å². The van der Waals surface area contributed by atoms with Gasteiger partial charge in [-0.3, -0.25) is 0 Å². The van der Waals surface area contributed by atoms with Gasteiger partial charge in [0.05, 0.1) is 6.67 Å². The number of para-hydroxylation sites is 2. The second kappa shape index (κ2) is 10.4. The van der Waals surface area contributed by atoms with Gasteiger partial charge in [-0.2, -0.15) is 0 Å². The lowest BCUT2D eigenvalue weighted by atomic mass is 9.91. The smallest absolute Gasteiger partial charge is 0.109 e. The molecule has 36 heavy (non-hydrogen) atoms. The van der Waals surface area contributed by atoms with Crippen molar-refractivity contribution in [3.05, 3.63) is 70.2 Å². The Balaban J connectivity index is 2.34. The lowest BCUT2D eigenvalue weighted by molar-refractivity contribution is 0.721. The molecule has 0 aliphatic carbocycles. The van der Waals surface area contributed by atoms with Crippen molar-refractivity contribution < 1.29 is 0 Å². The third-order valence-electron chi connectivity index (χ3n) is 8.62. The number of hydrogen-bond acceptors (Lipinski definition) is 2. The highest BCUT2D eigenvalue weighted by Gasteiger charge is 2.45. The SMILES string of the molecule is CC(C)c1cccc(C(C)C)c1N1C=C([Si](C)(C)C(C)(C)C)N(c2c(C(C)C)cccc2C(C)C)C1. The molecule has 198 valence electrons. The first kappa shape index (κ1) is 28.6. The normalized spacial score (nSPS) is 15.2. The lowest BCUT2D eigenvalue weighted by Crippen LogP contribution is -2.46. The molecule has 2 aromatic rings. The highest BCUT2D eigenvalue weighted by Crippen LogP contribution is 2.49. The average Bonchev–Trinajstić information content (AvgIpc) is 3.22. The number of nitrogens with zero attached hydrogens (tertiary/aromatic N) is 2. The average molecular weight is 505 g/mol. The maximum absolute atomic E-state index is 2.73. The van der Waals surface area contributed by atoms with Crippen molar-refractivity contribution in [2.45, 2.75) is 118 Å². The van der Waals surface area contributed by atoms with Gasteiger partial charge in [-0.25, -0.2) is 0 Å². The Morgan fingerprint density at radius 2 is 1.00 bits per heavy atom. The third kappa shape index (κ3) is 5.19. The minimum absolute atomic E-state index is 0.246. The maximum Gasteiger partial charge on any atom is 0.109 e. The Hall–Kier alpha value is -2.00. The summed E-state index contributed by atoms with van der Waals surface area (Å²) in [5.74, 6) is 1.91. The molecule has 0 bridgehead atoms. The van der Waals surface area contributed by atoms with E-state index in [0.29, 0.717) is 23.7 Å². The molecule has 0 atom stereocenters. The fourth-order valence-electron chi connectivity index (χ4n) is 5.36. The van der Waals surface area contributed by atoms with E-state index in [1.54, 1.807) is 5.32 Å². The van der Waals surface area contributed by atoms with Crippen molar-refractivity contribution in [3.8, 4) is 0 Å². The van der Waals surface area contributed by atoms with Gasteiger partial charge >= 0.3 is 0 Å². The van der Waals surface area contributed by atoms with E-state index in [-0.39, 0.29) is 5.04 Å². The van der Waals surface area contributed by atoms with Crippen LogP contribution in [-0.2, 0) is 0 Å². The van der Waals surface area contributed by atoms with Crippen molar-refractivity contribution in [2.75, 3.05) is 16.5 Å². The van der Waals surface area contributed by atoms with Crippen LogP contribution < -0.4 is 9.80 Å². The van der Waals surface area contributed by atoms with Crippen LogP contribution in [0, 0.1) is 0 Å². The van der Waals surface area contributed by atoms with E-state index in [1.807, 2.05) is 0 Å². The van der Waals surface area contributed by atoms with Gasteiger partial charge in [0.15, 0.2) is 0 Å². The van der Waals surface area contributed by atoms with Crippen LogP contribution in [0.25, 0.3) is 0 Å². The molecule has 3 heteroatoms. The van der Waals surface area contributed by atoms with Crippen LogP contribution in [0.2, 0.25) is 18.1 Å². The molecule has 3 rings (SSSR count). The third-order valence-corrected chi connectivity index (χ3v) is 14.0. The Kier molecular flexibility index (Phi) is 8.25. The lowest BCUT2D eigenvalue weighted by Gasteiger charge is -2.42. The molecule has 0 fully saturated rings. The topological polar surface area (TPSA) is 6.48 Å². The minimum Gasteiger partial charge on any atom is -0.329 e. The second-order valence-corrected chi connectivity index (χ2v) is 18.9. The molecule has 0 radical (unpaired) electrons. The van der Waals surface area contributed by atoms with E-state index in [1.165, 1.54) is 33.6 Å². The molecule has 0 saturated carbocycles. The summed E-state index contributed by atoms with van der Waals surface area (Å²) in [5.41, 5.74) is 8.72. The molecule has 1 aliphatic rings. The van der Waals surface area contributed by atoms with E-state index in [2.05, 4.69) is 142 Å². The van der Waals surface area contributed by atoms with Gasteiger partial charge in [0.2, 0.25) is 0 Å². The van der Waals surface area contributed by atoms with Crippen LogP contribution >= 0.6 is 0 Å². The molecular formula is C33H52N2Si. The van der Waals surface area contributed by atoms with Gasteiger partial charge in [0.1, 0.15) is 8.07 Å². The van der Waals surface area contributed by atoms with Crippen LogP contribution in [0.5, 0.6) is 0 Å². The van der Waals surface area contributed by atoms with Crippen LogP contribution in [0.15, 0.2) is 47.9 Å². The van der Waals surface area contributed by atoms with E-state index >= 15 is 0 Å². The molecule has 2 aromatic carbocycles. The zero-order chi connectivity index (χ0) is 27.2. The van der Waals surface area contributed by atoms with E-state index in [0.717, 1.165) is 6.67 Å². The maximum atomic E-state index is 2.73. The summed E-state index contributed by atoms with van der Waals surface area (Å²) in [6, 6.07) is 13.9. The van der Waals surface area contributed by atoms with Crippen LogP contribution in [0.3, 0.4) is 0 Å². The standard InChI is InChI=1S/C33H52N2Si/c1-22(2)26-16-14-17-27(23(3)4)31(26)34-20-30(36(12,13)33(9,10)11)35(21-34)32-28(24(5)6)18-15-19-29(32)25(7)8/h14-20,22-25H,21H2,1-13H3. The van der Waals surface area contributed by atoms with Gasteiger partial charge in [0, 0.05) is 22.9 Å². The number of hydrogen-bond donors (Lipinski definition) is 0. The van der Waals surface area contributed by atoms with Gasteiger partial charge in [-0.05, 0) is 51.0 Å². The highest BCUT2D eigenvalue weighted by molar-refractivity contribution is 6.87. The van der Waals surface area contributed by atoms with Crippen molar-refractivity contribution in [1.82, 2.24) is 0 Å². The van der Waals surface area contributed by atoms with Crippen molar-refractivity contribution in [2.24, 2.45) is 0 Å². The Labute approximate surface area is 223 Å². The van der Waals surface area contributed by atoms with Crippen molar-refractivity contribution in [1.29, 1.82) is 0 Å². The van der Waals surface area contributed by atoms with Crippen LogP contribution in [0.4, 0.5) is 11.4 Å². The van der Waals surface area contributed by atoms with Gasteiger partial charge in [-0.15, -0.1) is 0 Å². The van der Waals surface area contributed by atoms with Gasteiger partial charge in [0.25, 0.3) is 0 Å². The molecule has 1 heterocycles. The molecule has 1 aliphatic heterocycles. The zero-order valence-corrected chi connectivity index (χ0v) is 26.5. The van der Waals surface area contributed by atoms with Gasteiger partial charge < -0.3 is 9.80 Å². The Morgan fingerprint density at radius 3 is 1.33 bits per heavy atom. The molecule has 2 nitrogen and oxygen atoms in total. The summed E-state index contributed by atoms with van der Waals surface area (Å²) in [6.45, 7) is 32.1. The minimum atomic E-state index is -1.85. The molecule has 0 N–H and O–H groups in total. The first-order valence-electron chi connectivity index (χ1n) is 14.1. The van der Waals surface area contributed by atoms with E-state index in [9.17, 15) is 0 Å². The molecule has 0 amide bonds. The largest absolute Gasteiger partial charge is 0.329 e. The molecular weight excluding hydrogens is 452 g/mol. The summed E-state index contributed by atoms with van der Waals surface area (Å²) < 4.78 is 0. The first-order chi connectivity index (χ1) is 16.6. The second-order valence-electron chi connectivity index (χ2n) is 13.6. The summed E-state index contributed by atoms with van der Waals surface area (Å²) in [7, 11) is -1.85. The fourth-order valence-corrected chi connectivity index (χ4v) is 7.47. The summed E-state index contributed by atoms with van der Waals surface area (Å²) in [5, 5.41) is 1.80. The summed E-state index contributed by atoms with van der Waals surface area (Å²) >= 11 is 0. The first-order valence-corrected chi connectivity index (χ1v) is 17.1. The number of rotatable bonds is 7. The predicted octanol–water partition coefficient (Wildman–Crippen LogP) is 10.4. The molecule has 0 saturated heterocycles. The van der Waals surface area contributed by atoms with Crippen LogP contribution in [-0.4, -0.2) is 14.7 Å². The molecule has 0 aromatic heterocycles. The van der Waals surface area contributed by atoms with Crippen LogP contribution in [0.1, 0.15) is 122 Å². The Bertz CT molecular complexity index is 1050. The van der Waals surface area contributed by atoms with Gasteiger partial charge in [-0.1, -0.05) is 126 Å². The summed E-state index contributed by atoms with van der Waals surface area (Å²) in [4.78, 5) is 5.32. The highest BCUT2D eigenvalue weighted by atomic mass is 28.3. The predicted molar refractivity (Wildman–Crippen MR) is 164 cm³/mol. The molecule has 0 spiro atoms. The van der Waals surface area contributed by atoms with E-state index < -0.39 is 8.07 Å². The zero-order valence-electron chi connectivity index (χ0n) is 25.5. The van der Waals surface area contributed by atoms with E-state index in [4.69, 9.17) is 0 Å². The molecule has 0 unspecified atom stereocenters. The monoisotopic (exact) mass is 504 g/mol. The number of anilines is 2. The quantitative estimate of drug-likeness (QED) is 0.346. The Morgan fingerprint density at radius 1 is 0.639 bits per heavy atom. The fraction of sp³-hybridized carbons (Fsp3) is 0.576. The summed E-state index contributed by atoms with van der Waals surface area (Å²) in [6.07, 6.45) is 2.55. The number of benzene rings is 2.